The maximum atomic E-state index is 11.9. The van der Waals surface area contributed by atoms with Crippen LogP contribution in [0.25, 0.3) is 21.7 Å². The Morgan fingerprint density at radius 3 is 2.60 bits per heavy atom. The molecule has 0 aliphatic rings. The lowest BCUT2D eigenvalue weighted by atomic mass is 10.1. The van der Waals surface area contributed by atoms with Crippen LogP contribution in [0, 0.1) is 0 Å². The average Bonchev–Trinajstić information content (AvgIpc) is 2.41. The maximum Gasteiger partial charge on any atom is 0.344 e. The summed E-state index contributed by atoms with van der Waals surface area (Å²) in [6, 6.07) is 5.31. The Bertz CT molecular complexity index is 883. The van der Waals surface area contributed by atoms with Crippen molar-refractivity contribution in [2.75, 3.05) is 0 Å². The van der Waals surface area contributed by atoms with Crippen molar-refractivity contribution in [2.45, 2.75) is 0 Å². The predicted octanol–water partition coefficient (Wildman–Crippen LogP) is 2.95. The second kappa shape index (κ2) is 2.95. The van der Waals surface area contributed by atoms with Crippen LogP contribution in [0.4, 0.5) is 0 Å². The summed E-state index contributed by atoms with van der Waals surface area (Å²) >= 11 is 0. The molecule has 0 atom stereocenters. The summed E-state index contributed by atoms with van der Waals surface area (Å²) in [5, 5.41) is 0.603. The zero-order valence-electron chi connectivity index (χ0n) is 11.6. The Morgan fingerprint density at radius 1 is 1.00 bits per heavy atom. The van der Waals surface area contributed by atoms with E-state index in [1.54, 1.807) is 24.3 Å². The molecule has 0 bridgehead atoms. The highest BCUT2D eigenvalue weighted by Gasteiger charge is 2.04. The second-order valence-corrected chi connectivity index (χ2v) is 3.14. The van der Waals surface area contributed by atoms with Crippen LogP contribution in [0.3, 0.4) is 0 Å². The third kappa shape index (κ3) is 1.15. The lowest BCUT2D eigenvalue weighted by Crippen LogP contribution is -1.98. The van der Waals surface area contributed by atoms with Gasteiger partial charge in [-0.1, -0.05) is 36.3 Å². The minimum absolute atomic E-state index is 0.107. The van der Waals surface area contributed by atoms with Gasteiger partial charge in [0.15, 0.2) is 0 Å². The summed E-state index contributed by atoms with van der Waals surface area (Å²) in [5.74, 6) is 0. The van der Waals surface area contributed by atoms with Gasteiger partial charge in [0.05, 0.1) is 10.9 Å². The SMILES string of the molecule is [2H]c1c([2H])c([2H])c2c(c1[2H])c(=O)oc1ccccc12. The van der Waals surface area contributed by atoms with Gasteiger partial charge in [-0.3, -0.25) is 0 Å². The lowest BCUT2D eigenvalue weighted by molar-refractivity contribution is 0.569. The van der Waals surface area contributed by atoms with Crippen molar-refractivity contribution in [1.29, 1.82) is 0 Å². The van der Waals surface area contributed by atoms with Crippen molar-refractivity contribution in [2.24, 2.45) is 0 Å². The molecule has 0 amide bonds. The quantitative estimate of drug-likeness (QED) is 0.412. The van der Waals surface area contributed by atoms with Gasteiger partial charge in [0.1, 0.15) is 5.58 Å². The molecule has 15 heavy (non-hydrogen) atoms. The Morgan fingerprint density at radius 2 is 1.73 bits per heavy atom. The molecule has 2 heteroatoms. The first-order valence-corrected chi connectivity index (χ1v) is 4.44. The molecule has 3 rings (SSSR count). The van der Waals surface area contributed by atoms with Crippen LogP contribution >= 0.6 is 0 Å². The molecule has 0 fully saturated rings. The Hall–Kier alpha value is -2.09. The highest BCUT2D eigenvalue weighted by atomic mass is 16.4. The van der Waals surface area contributed by atoms with E-state index in [1.165, 1.54) is 0 Å². The van der Waals surface area contributed by atoms with E-state index < -0.39 is 11.7 Å². The van der Waals surface area contributed by atoms with Crippen LogP contribution in [0.5, 0.6) is 0 Å². The van der Waals surface area contributed by atoms with Crippen LogP contribution in [-0.2, 0) is 0 Å². The number of benzene rings is 2. The summed E-state index contributed by atoms with van der Waals surface area (Å²) in [4.78, 5) is 11.9. The molecule has 0 saturated heterocycles. The van der Waals surface area contributed by atoms with E-state index in [9.17, 15) is 4.79 Å². The Labute approximate surface area is 91.4 Å². The molecule has 2 aromatic carbocycles. The smallest absolute Gasteiger partial charge is 0.344 e. The van der Waals surface area contributed by atoms with E-state index in [0.717, 1.165) is 0 Å². The van der Waals surface area contributed by atoms with Gasteiger partial charge in [0.25, 0.3) is 0 Å². The van der Waals surface area contributed by atoms with Crippen molar-refractivity contribution in [3.63, 3.8) is 0 Å². The van der Waals surface area contributed by atoms with Crippen molar-refractivity contribution in [3.8, 4) is 0 Å². The molecule has 0 aliphatic carbocycles. The van der Waals surface area contributed by atoms with Crippen LogP contribution < -0.4 is 5.63 Å². The molecule has 2 nitrogen and oxygen atoms in total. The van der Waals surface area contributed by atoms with E-state index >= 15 is 0 Å². The van der Waals surface area contributed by atoms with Gasteiger partial charge in [0.2, 0.25) is 0 Å². The molecule has 1 heterocycles. The second-order valence-electron chi connectivity index (χ2n) is 3.14. The molecule has 1 aromatic heterocycles. The standard InChI is InChI=1S/C13H8O2/c14-13-11-7-2-1-5-9(11)10-6-3-4-8-12(10)15-13/h1-8H/i1D,2D,5D,7D. The molecule has 0 saturated carbocycles. The first-order valence-electron chi connectivity index (χ1n) is 6.44. The first kappa shape index (κ1) is 5.12. The summed E-state index contributed by atoms with van der Waals surface area (Å²) in [7, 11) is 0. The van der Waals surface area contributed by atoms with Gasteiger partial charge < -0.3 is 4.42 Å². The highest BCUT2D eigenvalue weighted by Crippen LogP contribution is 2.21. The zero-order chi connectivity index (χ0) is 13.7. The zero-order valence-corrected chi connectivity index (χ0v) is 7.63. The fourth-order valence-electron chi connectivity index (χ4n) is 1.58. The topological polar surface area (TPSA) is 30.2 Å². The minimum atomic E-state index is -0.749. The van der Waals surface area contributed by atoms with E-state index in [0.29, 0.717) is 11.0 Å². The largest absolute Gasteiger partial charge is 0.422 e. The third-order valence-electron chi connectivity index (χ3n) is 2.25. The predicted molar refractivity (Wildman–Crippen MR) is 60.0 cm³/mol. The van der Waals surface area contributed by atoms with Gasteiger partial charge >= 0.3 is 5.63 Å². The lowest BCUT2D eigenvalue weighted by Gasteiger charge is -2.00. The van der Waals surface area contributed by atoms with Crippen molar-refractivity contribution in [1.82, 2.24) is 0 Å². The van der Waals surface area contributed by atoms with E-state index in [-0.39, 0.29) is 28.9 Å². The number of fused-ring (bicyclic) bond motifs is 3. The van der Waals surface area contributed by atoms with Gasteiger partial charge in [-0.25, -0.2) is 4.79 Å². The fraction of sp³-hybridized carbons (Fsp3) is 0. The third-order valence-corrected chi connectivity index (χ3v) is 2.25. The molecule has 0 aliphatic heterocycles. The van der Waals surface area contributed by atoms with Gasteiger partial charge in [-0.2, -0.15) is 0 Å². The molecule has 0 N–H and O–H groups in total. The van der Waals surface area contributed by atoms with Gasteiger partial charge in [-0.05, 0) is 17.5 Å². The summed E-state index contributed by atoms with van der Waals surface area (Å²) in [6.45, 7) is 0. The Balaban J connectivity index is 2.77. The number of rotatable bonds is 0. The van der Waals surface area contributed by atoms with E-state index in [4.69, 9.17) is 9.90 Å². The fourth-order valence-corrected chi connectivity index (χ4v) is 1.58. The molecule has 0 radical (unpaired) electrons. The summed E-state index contributed by atoms with van der Waals surface area (Å²) in [6.07, 6.45) is 0. The van der Waals surface area contributed by atoms with Crippen LogP contribution in [0.1, 0.15) is 5.48 Å². The van der Waals surface area contributed by atoms with Crippen LogP contribution in [0.15, 0.2) is 57.6 Å². The van der Waals surface area contributed by atoms with Gasteiger partial charge in [-0.15, -0.1) is 0 Å². The molecule has 3 aromatic rings. The maximum absolute atomic E-state index is 11.9. The van der Waals surface area contributed by atoms with E-state index in [1.807, 2.05) is 0 Å². The first-order chi connectivity index (χ1) is 9.02. The van der Waals surface area contributed by atoms with Crippen molar-refractivity contribution in [3.05, 3.63) is 58.9 Å². The average molecular weight is 200 g/mol. The minimum Gasteiger partial charge on any atom is -0.422 e. The highest BCUT2D eigenvalue weighted by molar-refractivity contribution is 6.03. The molecule has 72 valence electrons. The molecule has 0 unspecified atom stereocenters. The summed E-state index contributed by atoms with van der Waals surface area (Å²) in [5.41, 5.74) is -0.439. The van der Waals surface area contributed by atoms with Crippen LogP contribution in [-0.4, -0.2) is 0 Å². The number of hydrogen-bond acceptors (Lipinski definition) is 2. The van der Waals surface area contributed by atoms with Crippen molar-refractivity contribution < 1.29 is 9.90 Å². The van der Waals surface area contributed by atoms with Crippen LogP contribution in [0.2, 0.25) is 0 Å². The van der Waals surface area contributed by atoms with Gasteiger partial charge in [0, 0.05) is 5.39 Å². The molecular weight excluding hydrogens is 188 g/mol. The van der Waals surface area contributed by atoms with E-state index in [2.05, 4.69) is 0 Å². The summed E-state index contributed by atoms with van der Waals surface area (Å²) < 4.78 is 36.1. The molecular formula is C13H8O2. The Kier molecular flexibility index (Phi) is 1.01. The normalized spacial score (nSPS) is 14.7. The molecule has 0 spiro atoms. The number of para-hydroxylation sites is 1. The number of hydrogen-bond donors (Lipinski definition) is 0. The monoisotopic (exact) mass is 200 g/mol. The van der Waals surface area contributed by atoms with Crippen molar-refractivity contribution >= 4 is 21.7 Å².